The van der Waals surface area contributed by atoms with Gasteiger partial charge in [-0.2, -0.15) is 0 Å². The second-order valence-electron chi connectivity index (χ2n) is 19.9. The number of carbonyl (C=O) groups excluding carboxylic acids is 4. The predicted molar refractivity (Wildman–Crippen MR) is 261 cm³/mol. The number of rotatable bonds is 15. The van der Waals surface area contributed by atoms with E-state index in [1.54, 1.807) is 46.7 Å². The largest absolute Gasteiger partial charge is 0.466 e. The predicted octanol–water partition coefficient (Wildman–Crippen LogP) is 5.07. The molecule has 3 aliphatic heterocycles. The minimum atomic E-state index is -1.54. The number of nitrogens with zero attached hydrogens (tertiary/aromatic N) is 2. The molecule has 0 unspecified atom stereocenters. The van der Waals surface area contributed by atoms with Crippen LogP contribution in [0.3, 0.4) is 0 Å². The van der Waals surface area contributed by atoms with Crippen molar-refractivity contribution < 1.29 is 72.4 Å². The number of fused-ring (bicyclic) bond motifs is 1. The van der Waals surface area contributed by atoms with Gasteiger partial charge < -0.3 is 67.8 Å². The van der Waals surface area contributed by atoms with Crippen LogP contribution in [0.1, 0.15) is 98.5 Å². The summed E-state index contributed by atoms with van der Waals surface area (Å²) >= 11 is 0. The highest BCUT2D eigenvalue weighted by atomic mass is 16.7. The Morgan fingerprint density at radius 1 is 0.971 bits per heavy atom. The molecule has 3 N–H and O–H groups in total. The Balaban J connectivity index is 1.46. The number of methoxy groups -OCH3 is 1. The number of hydrogen-bond acceptors (Lipinski definition) is 17. The van der Waals surface area contributed by atoms with E-state index < -0.39 is 115 Å². The van der Waals surface area contributed by atoms with Crippen LogP contribution in [-0.4, -0.2) is 176 Å². The van der Waals surface area contributed by atoms with Gasteiger partial charge in [0.1, 0.15) is 42.7 Å². The number of carbonyl (C=O) groups is 4. The summed E-state index contributed by atoms with van der Waals surface area (Å²) < 4.78 is 49.6. The van der Waals surface area contributed by atoms with Crippen molar-refractivity contribution >= 4 is 41.0 Å². The summed E-state index contributed by atoms with van der Waals surface area (Å²) in [7, 11) is 6.83. The zero-order valence-electron chi connectivity index (χ0n) is 42.8. The van der Waals surface area contributed by atoms with Gasteiger partial charge in [0.05, 0.1) is 49.1 Å². The molecule has 16 atom stereocenters. The Hall–Kier alpha value is -3.88. The van der Waals surface area contributed by atoms with Gasteiger partial charge in [-0.05, 0) is 103 Å². The van der Waals surface area contributed by atoms with Gasteiger partial charge in [0.15, 0.2) is 12.6 Å². The molecule has 70 heavy (non-hydrogen) atoms. The first-order valence-electron chi connectivity index (χ1n) is 25.0. The number of hydrogen-bond donors (Lipinski definition) is 3. The van der Waals surface area contributed by atoms with Crippen LogP contribution >= 0.6 is 0 Å². The second-order valence-corrected chi connectivity index (χ2v) is 19.9. The molecule has 0 aromatic heterocycles. The Morgan fingerprint density at radius 3 is 2.37 bits per heavy atom. The number of aliphatic hydroxyl groups excluding tert-OH is 2. The van der Waals surface area contributed by atoms with Crippen molar-refractivity contribution in [3.05, 3.63) is 54.1 Å². The van der Waals surface area contributed by atoms with Gasteiger partial charge in [0.2, 0.25) is 0 Å². The fraction of sp³-hybridized carbons (Fsp3) is 0.698. The fourth-order valence-electron chi connectivity index (χ4n) is 10.4. The molecule has 2 aromatic carbocycles. The summed E-state index contributed by atoms with van der Waals surface area (Å²) in [6.07, 6.45) is -5.18. The second kappa shape index (κ2) is 26.7. The third-order valence-corrected chi connectivity index (χ3v) is 14.1. The monoisotopic (exact) mass is 985 g/mol. The maximum atomic E-state index is 14.2. The lowest BCUT2D eigenvalue weighted by molar-refractivity contribution is -0.340. The molecule has 3 saturated heterocycles. The van der Waals surface area contributed by atoms with Crippen LogP contribution in [0.15, 0.2) is 48.5 Å². The van der Waals surface area contributed by atoms with Crippen LogP contribution in [-0.2, 0) is 57.1 Å². The van der Waals surface area contributed by atoms with Gasteiger partial charge in [-0.25, -0.2) is 0 Å². The summed E-state index contributed by atoms with van der Waals surface area (Å²) in [5.74, 6) is -3.86. The highest BCUT2D eigenvalue weighted by Crippen LogP contribution is 2.39. The first-order chi connectivity index (χ1) is 33.3. The lowest BCUT2D eigenvalue weighted by Gasteiger charge is -2.50. The minimum absolute atomic E-state index is 0.0140. The molecule has 3 heterocycles. The molecule has 2 aromatic rings. The number of cyclic esters (lactones) is 1. The number of benzene rings is 2. The van der Waals surface area contributed by atoms with Crippen molar-refractivity contribution in [3.63, 3.8) is 0 Å². The molecule has 392 valence electrons. The van der Waals surface area contributed by atoms with Gasteiger partial charge in [0, 0.05) is 39.3 Å². The van der Waals surface area contributed by atoms with E-state index in [4.69, 9.17) is 37.9 Å². The highest BCUT2D eigenvalue weighted by Gasteiger charge is 2.54. The Kier molecular flexibility index (Phi) is 21.8. The van der Waals surface area contributed by atoms with Crippen LogP contribution in [0.2, 0.25) is 0 Å². The standard InChI is InChI=1S/C53H80N2O15/c1-11-42(58)68-41-29-43(59)67-38(22-16-21-36-20-15-19-35-18-13-14-24-39(35)36)23-17-26-55(9)31-40(57)32(3)28-37(25-27-56)49(50(41)63-10)70-52-47(60)46(54(7)8)48(34(5)66-52)69-44-30-53(6,62)45(33(4)65-44)51(61)64-12-2/h13-16,18-21,24,27,32-34,37-38,40-41,44-50,52,57,60,62H,11-12,17,22-23,25-26,28-31H2,1-10H3/b21-16+/t32-,33+,34-,37+,38+,40+,41-,44+,45-,46-,47-,48-,49+,50+,52+,53-/m1/s1. The number of likely N-dealkylation sites (N-methyl/N-ethyl adjacent to an activating group) is 2. The first kappa shape index (κ1) is 57.0. The molecule has 0 bridgehead atoms. The lowest BCUT2D eigenvalue weighted by atomic mass is 9.80. The molecule has 17 heteroatoms. The van der Waals surface area contributed by atoms with Crippen molar-refractivity contribution in [1.29, 1.82) is 0 Å². The third kappa shape index (κ3) is 15.1. The van der Waals surface area contributed by atoms with E-state index in [1.165, 1.54) is 14.0 Å². The van der Waals surface area contributed by atoms with Gasteiger partial charge in [-0.15, -0.1) is 0 Å². The Morgan fingerprint density at radius 2 is 1.70 bits per heavy atom. The van der Waals surface area contributed by atoms with Crippen molar-refractivity contribution in [1.82, 2.24) is 9.80 Å². The van der Waals surface area contributed by atoms with Gasteiger partial charge >= 0.3 is 17.9 Å². The molecule has 0 spiro atoms. The van der Waals surface area contributed by atoms with E-state index in [2.05, 4.69) is 18.2 Å². The summed E-state index contributed by atoms with van der Waals surface area (Å²) in [4.78, 5) is 56.6. The molecule has 3 fully saturated rings. The molecule has 17 nitrogen and oxygen atoms in total. The molecule has 0 saturated carbocycles. The normalized spacial score (nSPS) is 35.6. The quantitative estimate of drug-likeness (QED) is 0.121. The number of aldehydes is 1. The van der Waals surface area contributed by atoms with E-state index in [0.29, 0.717) is 32.4 Å². The average molecular weight is 985 g/mol. The minimum Gasteiger partial charge on any atom is -0.466 e. The molecule has 0 aliphatic carbocycles. The van der Waals surface area contributed by atoms with E-state index >= 15 is 0 Å². The summed E-state index contributed by atoms with van der Waals surface area (Å²) in [6, 6.07) is 13.4. The number of esters is 3. The molecular formula is C53H80N2O15. The van der Waals surface area contributed by atoms with Crippen molar-refractivity contribution in [2.24, 2.45) is 17.8 Å². The molecule has 5 rings (SSSR count). The van der Waals surface area contributed by atoms with Crippen LogP contribution < -0.4 is 0 Å². The van der Waals surface area contributed by atoms with Gasteiger partial charge in [0.25, 0.3) is 0 Å². The van der Waals surface area contributed by atoms with Crippen molar-refractivity contribution in [3.8, 4) is 0 Å². The highest BCUT2D eigenvalue weighted by molar-refractivity contribution is 5.90. The molecule has 0 radical (unpaired) electrons. The Bertz CT molecular complexity index is 2010. The van der Waals surface area contributed by atoms with Crippen molar-refractivity contribution in [2.75, 3.05) is 47.9 Å². The molecule has 3 aliphatic rings. The van der Waals surface area contributed by atoms with E-state index in [1.807, 2.05) is 55.3 Å². The fourth-order valence-corrected chi connectivity index (χ4v) is 10.4. The zero-order chi connectivity index (χ0) is 51.3. The molecular weight excluding hydrogens is 905 g/mol. The lowest BCUT2D eigenvalue weighted by Crippen LogP contribution is -2.65. The number of ether oxygens (including phenoxy) is 8. The average Bonchev–Trinajstić information content (AvgIpc) is 3.29. The summed E-state index contributed by atoms with van der Waals surface area (Å²) in [5.41, 5.74) is -0.515. The van der Waals surface area contributed by atoms with Gasteiger partial charge in [-0.3, -0.25) is 14.4 Å². The summed E-state index contributed by atoms with van der Waals surface area (Å²) in [6.45, 7) is 11.2. The number of aliphatic hydroxyl groups is 3. The maximum absolute atomic E-state index is 14.2. The van der Waals surface area contributed by atoms with Crippen LogP contribution in [0.5, 0.6) is 0 Å². The van der Waals surface area contributed by atoms with E-state index in [-0.39, 0.29) is 38.2 Å². The topological polar surface area (TPSA) is 209 Å². The van der Waals surface area contributed by atoms with E-state index in [9.17, 15) is 34.5 Å². The summed E-state index contributed by atoms with van der Waals surface area (Å²) in [5, 5.41) is 37.6. The molecule has 0 amide bonds. The van der Waals surface area contributed by atoms with Crippen LogP contribution in [0, 0.1) is 17.8 Å². The van der Waals surface area contributed by atoms with Gasteiger partial charge in [-0.1, -0.05) is 68.5 Å². The first-order valence-corrected chi connectivity index (χ1v) is 25.0. The van der Waals surface area contributed by atoms with Crippen LogP contribution in [0.4, 0.5) is 0 Å². The van der Waals surface area contributed by atoms with Crippen LogP contribution in [0.25, 0.3) is 16.8 Å². The number of β-amino-alcohol motifs (C(OH)–C–C–N with tert-alkyl or cyclic N) is 1. The smallest absolute Gasteiger partial charge is 0.314 e. The van der Waals surface area contributed by atoms with Crippen molar-refractivity contribution in [2.45, 2.75) is 172 Å². The Labute approximate surface area is 414 Å². The third-order valence-electron chi connectivity index (χ3n) is 14.1. The SMILES string of the molecule is CCOC(=O)[C@H]1[C@H](C)O[C@@H](O[C@H]2[C@H](N(C)C)[C@@H](O)[C@H](O[C@H]3[C@@H](CC=O)C[C@@H](C)[C@@H](O)CN(C)CCC[C@H](C/C=C/c4cccc5ccccc45)OC(=O)C[C@@H](OC(=O)CC)[C@@H]3OC)O[C@@H]2C)C[C@@]1(C)O. The zero-order valence-corrected chi connectivity index (χ0v) is 42.8. The van der Waals surface area contributed by atoms with E-state index in [0.717, 1.165) is 22.6 Å². The maximum Gasteiger partial charge on any atom is 0.314 e.